The molecule has 1 unspecified atom stereocenters. The van der Waals surface area contributed by atoms with Crippen LogP contribution < -0.4 is 0 Å². The van der Waals surface area contributed by atoms with Gasteiger partial charge >= 0.3 is 0 Å². The number of amides is 1. The zero-order chi connectivity index (χ0) is 14.4. The molecule has 1 atom stereocenters. The van der Waals surface area contributed by atoms with E-state index >= 15 is 0 Å². The highest BCUT2D eigenvalue weighted by Crippen LogP contribution is 2.09. The fourth-order valence-corrected chi connectivity index (χ4v) is 1.84. The quantitative estimate of drug-likeness (QED) is 0.840. The number of hydrogen-bond donors (Lipinski definition) is 1. The molecule has 0 aromatic heterocycles. The van der Waals surface area contributed by atoms with E-state index in [0.29, 0.717) is 12.1 Å². The molecule has 0 saturated carbocycles. The van der Waals surface area contributed by atoms with Gasteiger partial charge < -0.3 is 10.0 Å². The molecular weight excluding hydrogens is 247 g/mol. The highest BCUT2D eigenvalue weighted by Gasteiger charge is 2.14. The van der Waals surface area contributed by atoms with E-state index in [2.05, 4.69) is 0 Å². The van der Waals surface area contributed by atoms with E-state index in [1.54, 1.807) is 44.1 Å². The lowest BCUT2D eigenvalue weighted by Crippen LogP contribution is -2.38. The van der Waals surface area contributed by atoms with Crippen LogP contribution in [0.4, 0.5) is 4.39 Å². The zero-order valence-corrected chi connectivity index (χ0v) is 11.6. The summed E-state index contributed by atoms with van der Waals surface area (Å²) in [5, 5.41) is 9.23. The molecule has 0 radical (unpaired) electrons. The maximum Gasteiger partial charge on any atom is 0.236 e. The Labute approximate surface area is 113 Å². The number of likely N-dealkylation sites (N-methyl/N-ethyl adjacent to an activating group) is 2. The first kappa shape index (κ1) is 15.6. The van der Waals surface area contributed by atoms with Crippen LogP contribution in [0.1, 0.15) is 12.5 Å². The van der Waals surface area contributed by atoms with E-state index < -0.39 is 6.10 Å². The highest BCUT2D eigenvalue weighted by molar-refractivity contribution is 5.77. The van der Waals surface area contributed by atoms with Crippen molar-refractivity contribution in [3.8, 4) is 0 Å². The first-order chi connectivity index (χ1) is 8.90. The zero-order valence-electron chi connectivity index (χ0n) is 11.6. The van der Waals surface area contributed by atoms with E-state index in [4.69, 9.17) is 0 Å². The highest BCUT2D eigenvalue weighted by atomic mass is 19.1. The normalized spacial score (nSPS) is 12.5. The van der Waals surface area contributed by atoms with Gasteiger partial charge in [-0.3, -0.25) is 9.69 Å². The number of carbonyl (C=O) groups excluding carboxylic acids is 1. The summed E-state index contributed by atoms with van der Waals surface area (Å²) in [6.45, 7) is 2.55. The van der Waals surface area contributed by atoms with Crippen molar-refractivity contribution in [2.75, 3.05) is 27.2 Å². The van der Waals surface area contributed by atoms with Gasteiger partial charge in [-0.1, -0.05) is 18.2 Å². The Hall–Kier alpha value is -1.46. The summed E-state index contributed by atoms with van der Waals surface area (Å²) in [5.41, 5.74) is 0.497. The van der Waals surface area contributed by atoms with Crippen LogP contribution in [0.3, 0.4) is 0 Å². The van der Waals surface area contributed by atoms with Gasteiger partial charge in [-0.15, -0.1) is 0 Å². The standard InChI is InChI=1S/C14H21FN2O2/c1-11(18)8-16(2)10-14(19)17(3)9-12-6-4-5-7-13(12)15/h4-7,11,18H,8-10H2,1-3H3. The van der Waals surface area contributed by atoms with Crippen molar-refractivity contribution in [3.63, 3.8) is 0 Å². The maximum absolute atomic E-state index is 13.5. The van der Waals surface area contributed by atoms with E-state index in [0.717, 1.165) is 0 Å². The summed E-state index contributed by atoms with van der Waals surface area (Å²) in [4.78, 5) is 15.2. The van der Waals surface area contributed by atoms with Crippen LogP contribution in [0.5, 0.6) is 0 Å². The number of aliphatic hydroxyl groups excluding tert-OH is 1. The average Bonchev–Trinajstić information content (AvgIpc) is 2.30. The van der Waals surface area contributed by atoms with Gasteiger partial charge in [0.2, 0.25) is 5.91 Å². The Morgan fingerprint density at radius 2 is 2.00 bits per heavy atom. The largest absolute Gasteiger partial charge is 0.392 e. The molecule has 1 amide bonds. The summed E-state index contributed by atoms with van der Waals surface area (Å²) in [6, 6.07) is 6.42. The lowest BCUT2D eigenvalue weighted by Gasteiger charge is -2.22. The molecule has 0 spiro atoms. The van der Waals surface area contributed by atoms with E-state index in [-0.39, 0.29) is 24.8 Å². The third-order valence-electron chi connectivity index (χ3n) is 2.77. The minimum atomic E-state index is -0.477. The Morgan fingerprint density at radius 1 is 1.37 bits per heavy atom. The van der Waals surface area contributed by atoms with Crippen LogP contribution in [-0.2, 0) is 11.3 Å². The van der Waals surface area contributed by atoms with E-state index in [1.165, 1.54) is 11.0 Å². The molecule has 0 saturated heterocycles. The Kier molecular flexibility index (Phi) is 5.92. The van der Waals surface area contributed by atoms with Gasteiger partial charge in [-0.05, 0) is 20.0 Å². The van der Waals surface area contributed by atoms with E-state index in [9.17, 15) is 14.3 Å². The summed E-state index contributed by atoms with van der Waals surface area (Å²) in [6.07, 6.45) is -0.477. The second kappa shape index (κ2) is 7.21. The molecule has 0 fully saturated rings. The van der Waals surface area contributed by atoms with Gasteiger partial charge in [-0.25, -0.2) is 4.39 Å². The van der Waals surface area contributed by atoms with Crippen molar-refractivity contribution in [2.24, 2.45) is 0 Å². The predicted octanol–water partition coefficient (Wildman–Crippen LogP) is 1.10. The van der Waals surface area contributed by atoms with Crippen molar-refractivity contribution in [1.82, 2.24) is 9.80 Å². The minimum absolute atomic E-state index is 0.105. The SMILES string of the molecule is CC(O)CN(C)CC(=O)N(C)Cc1ccccc1F. The Bertz CT molecular complexity index is 424. The van der Waals surface area contributed by atoms with Gasteiger partial charge in [0, 0.05) is 25.7 Å². The lowest BCUT2D eigenvalue weighted by molar-refractivity contribution is -0.131. The van der Waals surface area contributed by atoms with Crippen molar-refractivity contribution in [2.45, 2.75) is 19.6 Å². The number of rotatable bonds is 6. The number of benzene rings is 1. The summed E-state index contributed by atoms with van der Waals surface area (Å²) in [5.74, 6) is -0.411. The van der Waals surface area contributed by atoms with Gasteiger partial charge in [0.05, 0.1) is 12.6 Å². The van der Waals surface area contributed by atoms with Gasteiger partial charge in [-0.2, -0.15) is 0 Å². The molecule has 0 aliphatic heterocycles. The fourth-order valence-electron chi connectivity index (χ4n) is 1.84. The third kappa shape index (κ3) is 5.36. The van der Waals surface area contributed by atoms with Crippen molar-refractivity contribution >= 4 is 5.91 Å². The molecule has 1 rings (SSSR count). The number of aliphatic hydroxyl groups is 1. The molecule has 0 aliphatic rings. The third-order valence-corrected chi connectivity index (χ3v) is 2.77. The van der Waals surface area contributed by atoms with Crippen LogP contribution in [0.25, 0.3) is 0 Å². The van der Waals surface area contributed by atoms with E-state index in [1.807, 2.05) is 0 Å². The molecule has 0 aliphatic carbocycles. The Balaban J connectivity index is 2.51. The number of nitrogens with zero attached hydrogens (tertiary/aromatic N) is 2. The van der Waals surface area contributed by atoms with Crippen molar-refractivity contribution in [3.05, 3.63) is 35.6 Å². The summed E-state index contributed by atoms with van der Waals surface area (Å²) in [7, 11) is 3.41. The van der Waals surface area contributed by atoms with Crippen LogP contribution in [0, 0.1) is 5.82 Å². The lowest BCUT2D eigenvalue weighted by atomic mass is 10.2. The Morgan fingerprint density at radius 3 is 2.58 bits per heavy atom. The molecule has 4 nitrogen and oxygen atoms in total. The summed E-state index contributed by atoms with van der Waals surface area (Å²) < 4.78 is 13.5. The first-order valence-electron chi connectivity index (χ1n) is 6.24. The molecule has 19 heavy (non-hydrogen) atoms. The molecule has 1 N–H and O–H groups in total. The monoisotopic (exact) mass is 268 g/mol. The molecular formula is C14H21FN2O2. The summed E-state index contributed by atoms with van der Waals surface area (Å²) >= 11 is 0. The fraction of sp³-hybridized carbons (Fsp3) is 0.500. The molecule has 1 aromatic carbocycles. The van der Waals surface area contributed by atoms with Gasteiger partial charge in [0.1, 0.15) is 5.82 Å². The molecule has 0 bridgehead atoms. The van der Waals surface area contributed by atoms with Crippen molar-refractivity contribution in [1.29, 1.82) is 0 Å². The minimum Gasteiger partial charge on any atom is -0.392 e. The van der Waals surface area contributed by atoms with Crippen molar-refractivity contribution < 1.29 is 14.3 Å². The molecule has 0 heterocycles. The predicted molar refractivity (Wildman–Crippen MR) is 72.1 cm³/mol. The second-order valence-electron chi connectivity index (χ2n) is 4.89. The number of halogens is 1. The van der Waals surface area contributed by atoms with Gasteiger partial charge in [0.15, 0.2) is 0 Å². The van der Waals surface area contributed by atoms with Crippen LogP contribution in [0.15, 0.2) is 24.3 Å². The number of hydrogen-bond acceptors (Lipinski definition) is 3. The first-order valence-corrected chi connectivity index (χ1v) is 6.24. The maximum atomic E-state index is 13.5. The van der Waals surface area contributed by atoms with Crippen LogP contribution >= 0.6 is 0 Å². The second-order valence-corrected chi connectivity index (χ2v) is 4.89. The molecule has 5 heteroatoms. The average molecular weight is 268 g/mol. The smallest absolute Gasteiger partial charge is 0.236 e. The topological polar surface area (TPSA) is 43.8 Å². The van der Waals surface area contributed by atoms with Gasteiger partial charge in [0.25, 0.3) is 0 Å². The van der Waals surface area contributed by atoms with Crippen LogP contribution in [-0.4, -0.2) is 54.1 Å². The molecule has 1 aromatic rings. The number of carbonyl (C=O) groups is 1. The molecule has 106 valence electrons. The van der Waals surface area contributed by atoms with Crippen LogP contribution in [0.2, 0.25) is 0 Å².